The van der Waals surface area contributed by atoms with E-state index >= 15 is 0 Å². The first kappa shape index (κ1) is 10.2. The summed E-state index contributed by atoms with van der Waals surface area (Å²) < 4.78 is 24.8. The molecule has 0 amide bonds. The van der Waals surface area contributed by atoms with Gasteiger partial charge in [0.05, 0.1) is 17.3 Å². The predicted molar refractivity (Wildman–Crippen MR) is 59.9 cm³/mol. The van der Waals surface area contributed by atoms with Crippen molar-refractivity contribution in [2.75, 3.05) is 4.72 Å². The highest BCUT2D eigenvalue weighted by molar-refractivity contribution is 7.95. The van der Waals surface area contributed by atoms with Crippen LogP contribution in [0.2, 0.25) is 0 Å². The first-order valence-corrected chi connectivity index (χ1v) is 6.23. The van der Waals surface area contributed by atoms with Gasteiger partial charge >= 0.3 is 0 Å². The quantitative estimate of drug-likeness (QED) is 0.793. The number of hydrogen-bond donors (Lipinski definition) is 1. The Balaban J connectivity index is 2.49. The van der Waals surface area contributed by atoms with E-state index in [-0.39, 0.29) is 0 Å². The van der Waals surface area contributed by atoms with Gasteiger partial charge in [0.25, 0.3) is 10.0 Å². The molecule has 1 N–H and O–H groups in total. The lowest BCUT2D eigenvalue weighted by molar-refractivity contribution is 0.609. The number of fused-ring (bicyclic) bond motifs is 1. The number of anilines is 1. The summed E-state index contributed by atoms with van der Waals surface area (Å²) in [6, 6.07) is 1.90. The molecule has 1 aliphatic rings. The van der Waals surface area contributed by atoms with E-state index < -0.39 is 10.0 Å². The number of sulfonamides is 1. The molecule has 0 aliphatic carbocycles. The van der Waals surface area contributed by atoms with Crippen LogP contribution in [-0.4, -0.2) is 13.4 Å². The zero-order valence-electron chi connectivity index (χ0n) is 8.56. The van der Waals surface area contributed by atoms with E-state index in [0.717, 1.165) is 11.3 Å². The summed E-state index contributed by atoms with van der Waals surface area (Å²) >= 11 is 0. The summed E-state index contributed by atoms with van der Waals surface area (Å²) in [5, 5.41) is 1.17. The van der Waals surface area contributed by atoms with Crippen molar-refractivity contribution in [3.8, 4) is 0 Å². The number of nitrogens with one attached hydrogen (secondary N) is 1. The predicted octanol–water partition coefficient (Wildman–Crippen LogP) is 1.93. The van der Waals surface area contributed by atoms with E-state index in [2.05, 4.69) is 9.71 Å². The molecule has 1 aromatic heterocycles. The minimum atomic E-state index is -3.30. The topological polar surface area (TPSA) is 59.1 Å². The molecule has 4 nitrogen and oxygen atoms in total. The highest BCUT2D eigenvalue weighted by Crippen LogP contribution is 2.25. The van der Waals surface area contributed by atoms with Crippen LogP contribution < -0.4 is 4.72 Å². The largest absolute Gasteiger partial charge is 0.278 e. The highest BCUT2D eigenvalue weighted by atomic mass is 32.2. The van der Waals surface area contributed by atoms with Crippen LogP contribution >= 0.6 is 0 Å². The molecule has 0 unspecified atom stereocenters. The summed E-state index contributed by atoms with van der Waals surface area (Å²) in [6.45, 7) is 4.09. The molecule has 5 heteroatoms. The third kappa shape index (κ3) is 2.02. The van der Waals surface area contributed by atoms with Gasteiger partial charge in [0.2, 0.25) is 0 Å². The van der Waals surface area contributed by atoms with Crippen molar-refractivity contribution in [2.24, 2.45) is 0 Å². The first-order chi connectivity index (χ1) is 6.98. The summed E-state index contributed by atoms with van der Waals surface area (Å²) in [5.74, 6) is 0.335. The Morgan fingerprint density at radius 2 is 2.13 bits per heavy atom. The van der Waals surface area contributed by atoms with Crippen LogP contribution in [0.15, 0.2) is 17.7 Å². The summed E-state index contributed by atoms with van der Waals surface area (Å²) in [5.41, 5.74) is 2.37. The highest BCUT2D eigenvalue weighted by Gasteiger charge is 2.15. The van der Waals surface area contributed by atoms with Gasteiger partial charge in [-0.2, -0.15) is 0 Å². The van der Waals surface area contributed by atoms with Crippen LogP contribution in [-0.2, 0) is 10.0 Å². The number of nitrogens with zero attached hydrogens (tertiary/aromatic N) is 1. The second-order valence-electron chi connectivity index (χ2n) is 3.80. The van der Waals surface area contributed by atoms with Crippen LogP contribution in [0.3, 0.4) is 0 Å². The van der Waals surface area contributed by atoms with Gasteiger partial charge in [-0.15, -0.1) is 0 Å². The Bertz CT molecular complexity index is 518. The van der Waals surface area contributed by atoms with Gasteiger partial charge in [0.15, 0.2) is 0 Å². The summed E-state index contributed by atoms with van der Waals surface area (Å²) in [7, 11) is -3.30. The molecule has 0 bridgehead atoms. The summed E-state index contributed by atoms with van der Waals surface area (Å²) in [4.78, 5) is 4.20. The van der Waals surface area contributed by atoms with Crippen molar-refractivity contribution in [3.63, 3.8) is 0 Å². The van der Waals surface area contributed by atoms with Crippen molar-refractivity contribution < 1.29 is 8.42 Å². The number of rotatable bonds is 1. The molecule has 1 aliphatic heterocycles. The molecule has 15 heavy (non-hydrogen) atoms. The molecule has 0 aromatic carbocycles. The van der Waals surface area contributed by atoms with Crippen molar-refractivity contribution in [3.05, 3.63) is 28.9 Å². The third-order valence-electron chi connectivity index (χ3n) is 2.23. The maximum absolute atomic E-state index is 11.2. The van der Waals surface area contributed by atoms with E-state index in [0.29, 0.717) is 11.6 Å². The van der Waals surface area contributed by atoms with Crippen molar-refractivity contribution in [1.82, 2.24) is 4.98 Å². The molecule has 80 valence electrons. The van der Waals surface area contributed by atoms with Crippen LogP contribution in [0.1, 0.15) is 31.0 Å². The van der Waals surface area contributed by atoms with Crippen LogP contribution in [0.4, 0.5) is 5.69 Å². The van der Waals surface area contributed by atoms with Gasteiger partial charge in [-0.1, -0.05) is 13.8 Å². The molecular formula is C10H12N2O2S. The SMILES string of the molecule is CC(C)c1cc2c(cn1)NS(=O)(=O)C=C2. The molecule has 0 atom stereocenters. The molecule has 2 heterocycles. The lowest BCUT2D eigenvalue weighted by Crippen LogP contribution is -2.13. The minimum Gasteiger partial charge on any atom is -0.278 e. The van der Waals surface area contributed by atoms with Crippen LogP contribution in [0, 0.1) is 0 Å². The molecule has 0 radical (unpaired) electrons. The maximum Gasteiger partial charge on any atom is 0.255 e. The molecule has 0 spiro atoms. The van der Waals surface area contributed by atoms with E-state index in [1.807, 2.05) is 19.9 Å². The Morgan fingerprint density at radius 3 is 2.80 bits per heavy atom. The molecule has 2 rings (SSSR count). The molecule has 0 saturated heterocycles. The zero-order chi connectivity index (χ0) is 11.1. The normalized spacial score (nSPS) is 17.3. The molecule has 1 aromatic rings. The van der Waals surface area contributed by atoms with Gasteiger partial charge in [-0.3, -0.25) is 9.71 Å². The average molecular weight is 224 g/mol. The smallest absolute Gasteiger partial charge is 0.255 e. The van der Waals surface area contributed by atoms with Gasteiger partial charge in [0, 0.05) is 11.3 Å². The lowest BCUT2D eigenvalue weighted by atomic mass is 10.1. The van der Waals surface area contributed by atoms with E-state index in [4.69, 9.17) is 0 Å². The zero-order valence-corrected chi connectivity index (χ0v) is 9.38. The molecular weight excluding hydrogens is 212 g/mol. The summed E-state index contributed by atoms with van der Waals surface area (Å²) in [6.07, 6.45) is 3.15. The van der Waals surface area contributed by atoms with Gasteiger partial charge < -0.3 is 0 Å². The van der Waals surface area contributed by atoms with E-state index in [1.54, 1.807) is 12.3 Å². The Kier molecular flexibility index (Phi) is 2.26. The second-order valence-corrected chi connectivity index (χ2v) is 5.37. The lowest BCUT2D eigenvalue weighted by Gasteiger charge is -2.14. The average Bonchev–Trinajstić information content (AvgIpc) is 2.15. The fourth-order valence-electron chi connectivity index (χ4n) is 1.38. The fourth-order valence-corrected chi connectivity index (χ4v) is 2.25. The van der Waals surface area contributed by atoms with E-state index in [9.17, 15) is 8.42 Å². The number of aromatic nitrogens is 1. The van der Waals surface area contributed by atoms with E-state index in [1.165, 1.54) is 5.41 Å². The Labute approximate surface area is 89.1 Å². The fraction of sp³-hybridized carbons (Fsp3) is 0.300. The van der Waals surface area contributed by atoms with Crippen LogP contribution in [0.5, 0.6) is 0 Å². The number of hydrogen-bond acceptors (Lipinski definition) is 3. The van der Waals surface area contributed by atoms with Crippen LogP contribution in [0.25, 0.3) is 6.08 Å². The van der Waals surface area contributed by atoms with Gasteiger partial charge in [-0.05, 0) is 18.1 Å². The number of pyridine rings is 1. The standard InChI is InChI=1S/C10H12N2O2S/c1-7(2)9-5-8-3-4-15(13,14)12-10(8)6-11-9/h3-7,12H,1-2H3. The minimum absolute atomic E-state index is 0.335. The van der Waals surface area contributed by atoms with Crippen molar-refractivity contribution in [2.45, 2.75) is 19.8 Å². The first-order valence-electron chi connectivity index (χ1n) is 4.69. The van der Waals surface area contributed by atoms with Crippen molar-refractivity contribution in [1.29, 1.82) is 0 Å². The van der Waals surface area contributed by atoms with Gasteiger partial charge in [-0.25, -0.2) is 8.42 Å². The van der Waals surface area contributed by atoms with Gasteiger partial charge in [0.1, 0.15) is 0 Å². The second kappa shape index (κ2) is 3.34. The monoisotopic (exact) mass is 224 g/mol. The third-order valence-corrected chi connectivity index (χ3v) is 3.23. The maximum atomic E-state index is 11.2. The van der Waals surface area contributed by atoms with Crippen molar-refractivity contribution >= 4 is 21.8 Å². The Hall–Kier alpha value is -1.36. The molecule has 0 saturated carbocycles. The Morgan fingerprint density at radius 1 is 1.40 bits per heavy atom. The molecule has 0 fully saturated rings.